The molecule has 2 aromatic rings. The van der Waals surface area contributed by atoms with E-state index in [0.717, 1.165) is 24.6 Å². The first-order chi connectivity index (χ1) is 13.5. The van der Waals surface area contributed by atoms with Crippen molar-refractivity contribution in [3.8, 4) is 0 Å². The van der Waals surface area contributed by atoms with E-state index in [4.69, 9.17) is 4.74 Å². The Balaban J connectivity index is 1.53. The number of amides is 1. The van der Waals surface area contributed by atoms with Gasteiger partial charge in [-0.05, 0) is 58.9 Å². The molecule has 0 fully saturated rings. The van der Waals surface area contributed by atoms with E-state index in [0.29, 0.717) is 17.8 Å². The third-order valence-electron chi connectivity index (χ3n) is 4.94. The van der Waals surface area contributed by atoms with Crippen molar-refractivity contribution in [2.75, 3.05) is 6.54 Å². The van der Waals surface area contributed by atoms with Crippen molar-refractivity contribution >= 4 is 22.9 Å². The predicted octanol–water partition coefficient (Wildman–Crippen LogP) is 3.56. The summed E-state index contributed by atoms with van der Waals surface area (Å²) < 4.78 is 7.11. The number of rotatable bonds is 7. The summed E-state index contributed by atoms with van der Waals surface area (Å²) in [5.41, 5.74) is 2.43. The van der Waals surface area contributed by atoms with Crippen molar-refractivity contribution in [3.05, 3.63) is 35.7 Å². The van der Waals surface area contributed by atoms with E-state index in [1.807, 2.05) is 13.8 Å². The minimum Gasteiger partial charge on any atom is -0.449 e. The standard InChI is InChI=1S/C21H28N4O3/c1-14(2)25-19-17(13-24-25)11-18(12-23-19)21(27)28-15(3)20(26)22-10-9-16-7-5-4-6-8-16/h7,11-15H,4-6,8-10H2,1-3H3,(H,22,26)/t15-/m0/s1. The highest BCUT2D eigenvalue weighted by atomic mass is 16.5. The van der Waals surface area contributed by atoms with Crippen LogP contribution < -0.4 is 5.32 Å². The second kappa shape index (κ2) is 8.99. The number of hydrogen-bond acceptors (Lipinski definition) is 5. The molecule has 7 nitrogen and oxygen atoms in total. The lowest BCUT2D eigenvalue weighted by Crippen LogP contribution is -2.36. The Bertz CT molecular complexity index is 885. The highest BCUT2D eigenvalue weighted by Crippen LogP contribution is 2.19. The Hall–Kier alpha value is -2.70. The molecule has 0 aliphatic heterocycles. The largest absolute Gasteiger partial charge is 0.449 e. The van der Waals surface area contributed by atoms with Crippen LogP contribution in [0.3, 0.4) is 0 Å². The Kier molecular flexibility index (Phi) is 6.44. The summed E-state index contributed by atoms with van der Waals surface area (Å²) in [6.45, 7) is 6.17. The Labute approximate surface area is 165 Å². The zero-order valence-electron chi connectivity index (χ0n) is 16.8. The SMILES string of the molecule is CC(C)n1ncc2cc(C(=O)O[C@@H](C)C(=O)NCCC3=CCCCC3)cnc21. The summed E-state index contributed by atoms with van der Waals surface area (Å²) in [6.07, 6.45) is 10.1. The zero-order chi connectivity index (χ0) is 20.1. The number of aromatic nitrogens is 3. The van der Waals surface area contributed by atoms with Gasteiger partial charge in [0, 0.05) is 24.2 Å². The highest BCUT2D eigenvalue weighted by Gasteiger charge is 2.20. The molecule has 0 saturated carbocycles. The first-order valence-corrected chi connectivity index (χ1v) is 9.95. The fourth-order valence-corrected chi connectivity index (χ4v) is 3.33. The molecule has 1 aliphatic rings. The molecule has 0 radical (unpaired) electrons. The molecule has 1 aliphatic carbocycles. The molecule has 1 N–H and O–H groups in total. The van der Waals surface area contributed by atoms with E-state index in [2.05, 4.69) is 21.5 Å². The topological polar surface area (TPSA) is 86.1 Å². The fraction of sp³-hybridized carbons (Fsp3) is 0.524. The van der Waals surface area contributed by atoms with Gasteiger partial charge in [-0.15, -0.1) is 0 Å². The fourth-order valence-electron chi connectivity index (χ4n) is 3.33. The molecule has 0 bridgehead atoms. The molecule has 1 atom stereocenters. The van der Waals surface area contributed by atoms with Crippen molar-refractivity contribution in [1.29, 1.82) is 0 Å². The normalized spacial score (nSPS) is 15.4. The van der Waals surface area contributed by atoms with Crippen LogP contribution in [-0.2, 0) is 9.53 Å². The van der Waals surface area contributed by atoms with Gasteiger partial charge >= 0.3 is 5.97 Å². The molecule has 7 heteroatoms. The number of pyridine rings is 1. The number of fused-ring (bicyclic) bond motifs is 1. The molecule has 0 saturated heterocycles. The number of ether oxygens (including phenoxy) is 1. The molecule has 0 unspecified atom stereocenters. The smallest absolute Gasteiger partial charge is 0.340 e. The van der Waals surface area contributed by atoms with Gasteiger partial charge in [0.15, 0.2) is 11.8 Å². The monoisotopic (exact) mass is 384 g/mol. The molecule has 2 aromatic heterocycles. The van der Waals surface area contributed by atoms with Crippen LogP contribution in [-0.4, -0.2) is 39.3 Å². The summed E-state index contributed by atoms with van der Waals surface area (Å²) in [7, 11) is 0. The van der Waals surface area contributed by atoms with Crippen LogP contribution in [0.4, 0.5) is 0 Å². The van der Waals surface area contributed by atoms with Gasteiger partial charge in [-0.25, -0.2) is 14.5 Å². The molecule has 3 rings (SSSR count). The molecule has 0 spiro atoms. The molecular weight excluding hydrogens is 356 g/mol. The number of esters is 1. The van der Waals surface area contributed by atoms with Crippen molar-refractivity contribution in [2.24, 2.45) is 0 Å². The Morgan fingerprint density at radius 1 is 1.25 bits per heavy atom. The zero-order valence-corrected chi connectivity index (χ0v) is 16.8. The van der Waals surface area contributed by atoms with Crippen LogP contribution in [0.2, 0.25) is 0 Å². The van der Waals surface area contributed by atoms with E-state index >= 15 is 0 Å². The van der Waals surface area contributed by atoms with E-state index < -0.39 is 12.1 Å². The number of carbonyl (C=O) groups excluding carboxylic acids is 2. The molecule has 150 valence electrons. The number of hydrogen-bond donors (Lipinski definition) is 1. The Morgan fingerprint density at radius 3 is 2.79 bits per heavy atom. The van der Waals surface area contributed by atoms with Crippen LogP contribution in [0.15, 0.2) is 30.1 Å². The third kappa shape index (κ3) is 4.77. The second-order valence-corrected chi connectivity index (χ2v) is 7.52. The van der Waals surface area contributed by atoms with Crippen LogP contribution >= 0.6 is 0 Å². The quantitative estimate of drug-likeness (QED) is 0.583. The van der Waals surface area contributed by atoms with E-state index in [-0.39, 0.29) is 11.9 Å². The van der Waals surface area contributed by atoms with Crippen LogP contribution in [0.1, 0.15) is 69.3 Å². The summed E-state index contributed by atoms with van der Waals surface area (Å²) in [5, 5.41) is 7.90. The lowest BCUT2D eigenvalue weighted by atomic mass is 9.97. The maximum Gasteiger partial charge on any atom is 0.340 e. The lowest BCUT2D eigenvalue weighted by molar-refractivity contribution is -0.129. The molecule has 28 heavy (non-hydrogen) atoms. The first-order valence-electron chi connectivity index (χ1n) is 9.95. The van der Waals surface area contributed by atoms with Gasteiger partial charge in [-0.2, -0.15) is 5.10 Å². The number of nitrogens with one attached hydrogen (secondary N) is 1. The average molecular weight is 384 g/mol. The van der Waals surface area contributed by atoms with Crippen molar-refractivity contribution in [3.63, 3.8) is 0 Å². The summed E-state index contributed by atoms with van der Waals surface area (Å²) >= 11 is 0. The lowest BCUT2D eigenvalue weighted by Gasteiger charge is -2.15. The predicted molar refractivity (Wildman–Crippen MR) is 107 cm³/mol. The van der Waals surface area contributed by atoms with Crippen molar-refractivity contribution < 1.29 is 14.3 Å². The van der Waals surface area contributed by atoms with Crippen molar-refractivity contribution in [2.45, 2.75) is 65.0 Å². The Morgan fingerprint density at radius 2 is 2.07 bits per heavy atom. The van der Waals surface area contributed by atoms with Gasteiger partial charge in [-0.3, -0.25) is 4.79 Å². The number of allylic oxidation sites excluding steroid dienone is 1. The summed E-state index contributed by atoms with van der Waals surface area (Å²) in [6, 6.07) is 1.87. The van der Waals surface area contributed by atoms with Gasteiger partial charge in [-0.1, -0.05) is 11.6 Å². The first kappa shape index (κ1) is 20.0. The molecule has 2 heterocycles. The van der Waals surface area contributed by atoms with Gasteiger partial charge in [0.25, 0.3) is 5.91 Å². The molecule has 0 aromatic carbocycles. The maximum absolute atomic E-state index is 12.4. The van der Waals surface area contributed by atoms with Crippen LogP contribution in [0.5, 0.6) is 0 Å². The number of nitrogens with zero attached hydrogens (tertiary/aromatic N) is 3. The minimum absolute atomic E-state index is 0.177. The van der Waals surface area contributed by atoms with Gasteiger partial charge < -0.3 is 10.1 Å². The highest BCUT2D eigenvalue weighted by molar-refractivity contribution is 5.94. The second-order valence-electron chi connectivity index (χ2n) is 7.52. The van der Waals surface area contributed by atoms with Gasteiger partial charge in [0.05, 0.1) is 11.8 Å². The average Bonchev–Trinajstić information content (AvgIpc) is 3.12. The third-order valence-corrected chi connectivity index (χ3v) is 4.94. The summed E-state index contributed by atoms with van der Waals surface area (Å²) in [5.74, 6) is -0.851. The van der Waals surface area contributed by atoms with E-state index in [1.54, 1.807) is 23.9 Å². The van der Waals surface area contributed by atoms with Crippen LogP contribution in [0, 0.1) is 0 Å². The summed E-state index contributed by atoms with van der Waals surface area (Å²) in [4.78, 5) is 28.9. The van der Waals surface area contributed by atoms with E-state index in [1.165, 1.54) is 24.6 Å². The molecular formula is C21H28N4O3. The van der Waals surface area contributed by atoms with Gasteiger partial charge in [0.2, 0.25) is 0 Å². The minimum atomic E-state index is -0.859. The number of carbonyl (C=O) groups is 2. The van der Waals surface area contributed by atoms with E-state index in [9.17, 15) is 9.59 Å². The molecule has 1 amide bonds. The van der Waals surface area contributed by atoms with Crippen LogP contribution in [0.25, 0.3) is 11.0 Å². The maximum atomic E-state index is 12.4. The van der Waals surface area contributed by atoms with Gasteiger partial charge in [0.1, 0.15) is 0 Å². The van der Waals surface area contributed by atoms with Crippen molar-refractivity contribution in [1.82, 2.24) is 20.1 Å².